The first kappa shape index (κ1) is 19.5. The second kappa shape index (κ2) is 9.12. The highest BCUT2D eigenvalue weighted by Gasteiger charge is 2.25. The highest BCUT2D eigenvalue weighted by Crippen LogP contribution is 2.36. The molecule has 0 aromatic heterocycles. The normalized spacial score (nSPS) is 15.7. The first-order chi connectivity index (χ1) is 14.3. The average Bonchev–Trinajstić information content (AvgIpc) is 2.81. The zero-order valence-electron chi connectivity index (χ0n) is 17.1. The van der Waals surface area contributed by atoms with Gasteiger partial charge in [-0.2, -0.15) is 0 Å². The van der Waals surface area contributed by atoms with E-state index in [0.717, 1.165) is 37.7 Å². The van der Waals surface area contributed by atoms with Crippen LogP contribution in [-0.4, -0.2) is 45.3 Å². The third-order valence-corrected chi connectivity index (χ3v) is 5.57. The molecule has 150 valence electrons. The molecule has 1 saturated heterocycles. The molecule has 3 aromatic carbocycles. The molecule has 1 aliphatic heterocycles. The van der Waals surface area contributed by atoms with Crippen LogP contribution < -0.4 is 14.8 Å². The summed E-state index contributed by atoms with van der Waals surface area (Å²) in [6, 6.07) is 25.9. The smallest absolute Gasteiger partial charge is 0.161 e. The largest absolute Gasteiger partial charge is 0.493 e. The molecule has 0 radical (unpaired) electrons. The Morgan fingerprint density at radius 2 is 1.34 bits per heavy atom. The van der Waals surface area contributed by atoms with Crippen molar-refractivity contribution in [2.24, 2.45) is 0 Å². The maximum Gasteiger partial charge on any atom is 0.161 e. The first-order valence-corrected chi connectivity index (χ1v) is 10.1. The average molecular weight is 389 g/mol. The zero-order chi connectivity index (χ0) is 20.1. The van der Waals surface area contributed by atoms with Crippen LogP contribution in [-0.2, 0) is 0 Å². The number of rotatable bonds is 6. The van der Waals surface area contributed by atoms with Gasteiger partial charge in [0.2, 0.25) is 0 Å². The molecule has 0 saturated carbocycles. The number of piperazine rings is 1. The number of benzene rings is 3. The molecule has 0 spiro atoms. The van der Waals surface area contributed by atoms with Gasteiger partial charge in [-0.05, 0) is 34.4 Å². The Morgan fingerprint density at radius 1 is 0.724 bits per heavy atom. The molecule has 0 amide bonds. The second-order valence-corrected chi connectivity index (χ2v) is 7.29. The third kappa shape index (κ3) is 4.29. The van der Waals surface area contributed by atoms with Crippen molar-refractivity contribution >= 4 is 0 Å². The van der Waals surface area contributed by atoms with Crippen LogP contribution in [0, 0.1) is 0 Å². The fraction of sp³-hybridized carbons (Fsp3) is 0.280. The molecule has 1 fully saturated rings. The van der Waals surface area contributed by atoms with Crippen molar-refractivity contribution in [2.75, 3.05) is 40.4 Å². The van der Waals surface area contributed by atoms with E-state index in [4.69, 9.17) is 9.47 Å². The van der Waals surface area contributed by atoms with E-state index in [0.29, 0.717) is 0 Å². The quantitative estimate of drug-likeness (QED) is 0.680. The number of nitrogens with zero attached hydrogens (tertiary/aromatic N) is 1. The lowest BCUT2D eigenvalue weighted by Crippen LogP contribution is -2.45. The highest BCUT2D eigenvalue weighted by atomic mass is 16.5. The van der Waals surface area contributed by atoms with Gasteiger partial charge in [0.25, 0.3) is 0 Å². The first-order valence-electron chi connectivity index (χ1n) is 10.1. The van der Waals surface area contributed by atoms with Crippen molar-refractivity contribution in [3.8, 4) is 22.6 Å². The molecule has 1 aliphatic rings. The van der Waals surface area contributed by atoms with E-state index in [2.05, 4.69) is 76.9 Å². The molecule has 0 bridgehead atoms. The van der Waals surface area contributed by atoms with Gasteiger partial charge in [-0.1, -0.05) is 60.7 Å². The maximum absolute atomic E-state index is 5.57. The summed E-state index contributed by atoms with van der Waals surface area (Å²) < 4.78 is 11.0. The van der Waals surface area contributed by atoms with Gasteiger partial charge in [0.15, 0.2) is 11.5 Å². The van der Waals surface area contributed by atoms with Gasteiger partial charge in [-0.15, -0.1) is 0 Å². The summed E-state index contributed by atoms with van der Waals surface area (Å²) in [4.78, 5) is 2.54. The Balaban J connectivity index is 1.71. The molecule has 4 rings (SSSR count). The SMILES string of the molecule is COc1ccc(C(c2ccc(-c3ccccc3)cc2)N2CCNCC2)cc1OC. The van der Waals surface area contributed by atoms with Gasteiger partial charge in [-0.3, -0.25) is 4.90 Å². The number of hydrogen-bond acceptors (Lipinski definition) is 4. The van der Waals surface area contributed by atoms with E-state index >= 15 is 0 Å². The highest BCUT2D eigenvalue weighted by molar-refractivity contribution is 5.63. The molecule has 3 aromatic rings. The number of ether oxygens (including phenoxy) is 2. The Labute approximate surface area is 173 Å². The minimum atomic E-state index is 0.182. The van der Waals surface area contributed by atoms with Gasteiger partial charge in [0, 0.05) is 26.2 Å². The van der Waals surface area contributed by atoms with Crippen LogP contribution in [0.15, 0.2) is 72.8 Å². The van der Waals surface area contributed by atoms with Gasteiger partial charge < -0.3 is 14.8 Å². The molecule has 29 heavy (non-hydrogen) atoms. The number of nitrogens with one attached hydrogen (secondary N) is 1. The topological polar surface area (TPSA) is 33.7 Å². The molecular formula is C25H28N2O2. The van der Waals surface area contributed by atoms with Crippen LogP contribution in [0.3, 0.4) is 0 Å². The molecule has 1 heterocycles. The summed E-state index contributed by atoms with van der Waals surface area (Å²) in [6.45, 7) is 4.04. The fourth-order valence-corrected chi connectivity index (χ4v) is 4.07. The lowest BCUT2D eigenvalue weighted by Gasteiger charge is -2.36. The molecule has 4 nitrogen and oxygen atoms in total. The summed E-state index contributed by atoms with van der Waals surface area (Å²) in [5.41, 5.74) is 4.99. The van der Waals surface area contributed by atoms with E-state index in [1.54, 1.807) is 14.2 Å². The minimum Gasteiger partial charge on any atom is -0.493 e. The fourth-order valence-electron chi connectivity index (χ4n) is 4.07. The predicted molar refractivity (Wildman–Crippen MR) is 118 cm³/mol. The van der Waals surface area contributed by atoms with Crippen molar-refractivity contribution in [2.45, 2.75) is 6.04 Å². The lowest BCUT2D eigenvalue weighted by molar-refractivity contribution is 0.198. The Morgan fingerprint density at radius 3 is 2.00 bits per heavy atom. The standard InChI is InChI=1S/C25H28N2O2/c1-28-23-13-12-22(18-24(23)29-2)25(27-16-14-26-15-17-27)21-10-8-20(9-11-21)19-6-4-3-5-7-19/h3-13,18,25-26H,14-17H2,1-2H3. The maximum atomic E-state index is 5.57. The molecule has 1 atom stereocenters. The van der Waals surface area contributed by atoms with Crippen LogP contribution in [0.1, 0.15) is 17.2 Å². The number of methoxy groups -OCH3 is 2. The van der Waals surface area contributed by atoms with Crippen molar-refractivity contribution in [3.63, 3.8) is 0 Å². The van der Waals surface area contributed by atoms with Crippen LogP contribution in [0.5, 0.6) is 11.5 Å². The van der Waals surface area contributed by atoms with E-state index in [-0.39, 0.29) is 6.04 Å². The molecular weight excluding hydrogens is 360 g/mol. The van der Waals surface area contributed by atoms with Crippen molar-refractivity contribution in [3.05, 3.63) is 83.9 Å². The van der Waals surface area contributed by atoms with Crippen molar-refractivity contribution < 1.29 is 9.47 Å². The van der Waals surface area contributed by atoms with Gasteiger partial charge in [0.1, 0.15) is 0 Å². The van der Waals surface area contributed by atoms with E-state index in [9.17, 15) is 0 Å². The molecule has 1 unspecified atom stereocenters. The van der Waals surface area contributed by atoms with Crippen LogP contribution in [0.2, 0.25) is 0 Å². The van der Waals surface area contributed by atoms with Gasteiger partial charge >= 0.3 is 0 Å². The van der Waals surface area contributed by atoms with Gasteiger partial charge in [0.05, 0.1) is 20.3 Å². The molecule has 4 heteroatoms. The second-order valence-electron chi connectivity index (χ2n) is 7.29. The summed E-state index contributed by atoms with van der Waals surface area (Å²) in [6.07, 6.45) is 0. The molecule has 1 N–H and O–H groups in total. The monoisotopic (exact) mass is 388 g/mol. The zero-order valence-corrected chi connectivity index (χ0v) is 17.1. The van der Waals surface area contributed by atoms with E-state index in [1.165, 1.54) is 22.3 Å². The van der Waals surface area contributed by atoms with Gasteiger partial charge in [-0.25, -0.2) is 0 Å². The number of hydrogen-bond donors (Lipinski definition) is 1. The summed E-state index contributed by atoms with van der Waals surface area (Å²) in [5, 5.41) is 3.46. The Hall–Kier alpha value is -2.82. The predicted octanol–water partition coefficient (Wildman–Crippen LogP) is 4.37. The van der Waals surface area contributed by atoms with Crippen molar-refractivity contribution in [1.29, 1.82) is 0 Å². The Kier molecular flexibility index (Phi) is 6.13. The minimum absolute atomic E-state index is 0.182. The van der Waals surface area contributed by atoms with Crippen LogP contribution in [0.25, 0.3) is 11.1 Å². The van der Waals surface area contributed by atoms with Crippen molar-refractivity contribution in [1.82, 2.24) is 10.2 Å². The van der Waals surface area contributed by atoms with E-state index < -0.39 is 0 Å². The summed E-state index contributed by atoms with van der Waals surface area (Å²) in [7, 11) is 3.36. The van der Waals surface area contributed by atoms with Crippen LogP contribution in [0.4, 0.5) is 0 Å². The lowest BCUT2D eigenvalue weighted by atomic mass is 9.94. The summed E-state index contributed by atoms with van der Waals surface area (Å²) >= 11 is 0. The van der Waals surface area contributed by atoms with E-state index in [1.807, 2.05) is 6.07 Å². The third-order valence-electron chi connectivity index (χ3n) is 5.57. The Bertz CT molecular complexity index is 919. The molecule has 0 aliphatic carbocycles. The summed E-state index contributed by atoms with van der Waals surface area (Å²) in [5.74, 6) is 1.53. The van der Waals surface area contributed by atoms with Crippen LogP contribution >= 0.6 is 0 Å².